The highest BCUT2D eigenvalue weighted by Crippen LogP contribution is 2.29. The smallest absolute Gasteiger partial charge is 0.140 e. The number of pyridine rings is 1. The van der Waals surface area contributed by atoms with E-state index in [1.807, 2.05) is 36.4 Å². The van der Waals surface area contributed by atoms with E-state index >= 15 is 0 Å². The van der Waals surface area contributed by atoms with Crippen LogP contribution < -0.4 is 0 Å². The third-order valence-electron chi connectivity index (χ3n) is 2.48. The molecule has 78 valence electrons. The van der Waals surface area contributed by atoms with Gasteiger partial charge in [-0.2, -0.15) is 5.10 Å². The van der Waals surface area contributed by atoms with E-state index in [4.69, 9.17) is 11.6 Å². The lowest BCUT2D eigenvalue weighted by atomic mass is 10.1. The van der Waals surface area contributed by atoms with Crippen LogP contribution in [0.2, 0.25) is 5.15 Å². The van der Waals surface area contributed by atoms with Gasteiger partial charge >= 0.3 is 0 Å². The number of halogens is 1. The Morgan fingerprint density at radius 3 is 2.69 bits per heavy atom. The summed E-state index contributed by atoms with van der Waals surface area (Å²) in [6.07, 6.45) is 1.66. The third kappa shape index (κ3) is 1.37. The SMILES string of the molecule is Clc1nccc2[nH]nc(-c3ccccc3)c12. The number of rotatable bonds is 1. The van der Waals surface area contributed by atoms with Crippen LogP contribution in [0.25, 0.3) is 22.2 Å². The van der Waals surface area contributed by atoms with Crippen molar-refractivity contribution in [1.29, 1.82) is 0 Å². The molecule has 3 nitrogen and oxygen atoms in total. The zero-order valence-corrected chi connectivity index (χ0v) is 9.07. The summed E-state index contributed by atoms with van der Waals surface area (Å²) in [5, 5.41) is 8.58. The molecule has 2 aromatic heterocycles. The maximum absolute atomic E-state index is 6.08. The molecule has 0 spiro atoms. The molecule has 0 saturated carbocycles. The van der Waals surface area contributed by atoms with Crippen molar-refractivity contribution in [2.45, 2.75) is 0 Å². The van der Waals surface area contributed by atoms with Crippen molar-refractivity contribution in [3.63, 3.8) is 0 Å². The Hall–Kier alpha value is -1.87. The molecule has 0 radical (unpaired) electrons. The number of nitrogens with one attached hydrogen (secondary N) is 1. The molecule has 0 aliphatic carbocycles. The van der Waals surface area contributed by atoms with Gasteiger partial charge in [-0.05, 0) is 6.07 Å². The first kappa shape index (κ1) is 9.36. The molecule has 0 atom stereocenters. The van der Waals surface area contributed by atoms with E-state index < -0.39 is 0 Å². The molecule has 0 fully saturated rings. The van der Waals surface area contributed by atoms with E-state index in [0.29, 0.717) is 5.15 Å². The van der Waals surface area contributed by atoms with Crippen molar-refractivity contribution in [3.05, 3.63) is 47.7 Å². The number of hydrogen-bond donors (Lipinski definition) is 1. The summed E-state index contributed by atoms with van der Waals surface area (Å²) in [6, 6.07) is 11.8. The minimum atomic E-state index is 0.477. The maximum atomic E-state index is 6.08. The first-order valence-corrected chi connectivity index (χ1v) is 5.28. The van der Waals surface area contributed by atoms with Gasteiger partial charge in [0.25, 0.3) is 0 Å². The molecule has 3 rings (SSSR count). The van der Waals surface area contributed by atoms with E-state index in [2.05, 4.69) is 15.2 Å². The Bertz CT molecular complexity index is 631. The Balaban J connectivity index is 2.33. The zero-order valence-electron chi connectivity index (χ0n) is 8.31. The number of fused-ring (bicyclic) bond motifs is 1. The van der Waals surface area contributed by atoms with Crippen LogP contribution in [0.1, 0.15) is 0 Å². The Kier molecular flexibility index (Phi) is 2.11. The van der Waals surface area contributed by atoms with Crippen molar-refractivity contribution >= 4 is 22.5 Å². The van der Waals surface area contributed by atoms with E-state index in [-0.39, 0.29) is 0 Å². The Morgan fingerprint density at radius 1 is 1.06 bits per heavy atom. The van der Waals surface area contributed by atoms with Crippen molar-refractivity contribution in [1.82, 2.24) is 15.2 Å². The maximum Gasteiger partial charge on any atom is 0.140 e. The summed E-state index contributed by atoms with van der Waals surface area (Å²) in [5.41, 5.74) is 2.77. The zero-order chi connectivity index (χ0) is 11.0. The van der Waals surface area contributed by atoms with Gasteiger partial charge in [0.15, 0.2) is 0 Å². The van der Waals surface area contributed by atoms with Crippen LogP contribution in [0.4, 0.5) is 0 Å². The summed E-state index contributed by atoms with van der Waals surface area (Å²) in [7, 11) is 0. The molecule has 0 saturated heterocycles. The standard InChI is InChI=1S/C12H8ClN3/c13-12-10-9(6-7-14-12)15-16-11(10)8-4-2-1-3-5-8/h1-7H,(H,15,16). The predicted octanol–water partition coefficient (Wildman–Crippen LogP) is 3.28. The van der Waals surface area contributed by atoms with Crippen LogP contribution in [-0.2, 0) is 0 Å². The molecule has 0 aliphatic heterocycles. The lowest BCUT2D eigenvalue weighted by molar-refractivity contribution is 1.12. The number of benzene rings is 1. The Morgan fingerprint density at radius 2 is 1.88 bits per heavy atom. The average molecular weight is 230 g/mol. The quantitative estimate of drug-likeness (QED) is 0.651. The highest BCUT2D eigenvalue weighted by atomic mass is 35.5. The van der Waals surface area contributed by atoms with Crippen molar-refractivity contribution in [3.8, 4) is 11.3 Å². The molecule has 0 amide bonds. The summed E-state index contributed by atoms with van der Waals surface area (Å²) in [6.45, 7) is 0. The van der Waals surface area contributed by atoms with E-state index in [0.717, 1.165) is 22.2 Å². The number of aromatic amines is 1. The second kappa shape index (κ2) is 3.61. The summed E-state index contributed by atoms with van der Waals surface area (Å²) >= 11 is 6.08. The van der Waals surface area contributed by atoms with Gasteiger partial charge in [-0.1, -0.05) is 41.9 Å². The average Bonchev–Trinajstić information content (AvgIpc) is 2.75. The van der Waals surface area contributed by atoms with Crippen molar-refractivity contribution in [2.75, 3.05) is 0 Å². The van der Waals surface area contributed by atoms with E-state index in [1.54, 1.807) is 6.20 Å². The number of aromatic nitrogens is 3. The summed E-state index contributed by atoms with van der Waals surface area (Å²) < 4.78 is 0. The number of nitrogens with zero attached hydrogens (tertiary/aromatic N) is 2. The normalized spacial score (nSPS) is 10.8. The number of H-pyrrole nitrogens is 1. The van der Waals surface area contributed by atoms with Crippen molar-refractivity contribution in [2.24, 2.45) is 0 Å². The van der Waals surface area contributed by atoms with Crippen molar-refractivity contribution < 1.29 is 0 Å². The van der Waals surface area contributed by atoms with Crippen LogP contribution in [0.3, 0.4) is 0 Å². The minimum Gasteiger partial charge on any atom is -0.277 e. The third-order valence-corrected chi connectivity index (χ3v) is 2.76. The van der Waals surface area contributed by atoms with Gasteiger partial charge in [0.05, 0.1) is 10.9 Å². The molecule has 3 aromatic rings. The van der Waals surface area contributed by atoms with Crippen LogP contribution in [-0.4, -0.2) is 15.2 Å². The summed E-state index contributed by atoms with van der Waals surface area (Å²) in [4.78, 5) is 4.07. The fraction of sp³-hybridized carbons (Fsp3) is 0. The lowest BCUT2D eigenvalue weighted by Gasteiger charge is -1.97. The second-order valence-corrected chi connectivity index (χ2v) is 3.82. The van der Waals surface area contributed by atoms with Gasteiger partial charge in [-0.15, -0.1) is 0 Å². The largest absolute Gasteiger partial charge is 0.277 e. The molecule has 4 heteroatoms. The van der Waals surface area contributed by atoms with Gasteiger partial charge in [0.1, 0.15) is 10.8 Å². The van der Waals surface area contributed by atoms with Gasteiger partial charge in [0.2, 0.25) is 0 Å². The van der Waals surface area contributed by atoms with Crippen LogP contribution in [0.15, 0.2) is 42.6 Å². The van der Waals surface area contributed by atoms with Gasteiger partial charge in [-0.3, -0.25) is 5.10 Å². The molecular formula is C12H8ClN3. The summed E-state index contributed by atoms with van der Waals surface area (Å²) in [5.74, 6) is 0. The first-order valence-electron chi connectivity index (χ1n) is 4.90. The topological polar surface area (TPSA) is 41.6 Å². The molecule has 1 N–H and O–H groups in total. The minimum absolute atomic E-state index is 0.477. The predicted molar refractivity (Wildman–Crippen MR) is 64.3 cm³/mol. The molecule has 16 heavy (non-hydrogen) atoms. The van der Waals surface area contributed by atoms with Gasteiger partial charge in [0, 0.05) is 11.8 Å². The van der Waals surface area contributed by atoms with E-state index in [9.17, 15) is 0 Å². The molecular weight excluding hydrogens is 222 g/mol. The van der Waals surface area contributed by atoms with E-state index in [1.165, 1.54) is 0 Å². The molecule has 2 heterocycles. The highest BCUT2D eigenvalue weighted by molar-refractivity contribution is 6.35. The van der Waals surface area contributed by atoms with Crippen LogP contribution in [0.5, 0.6) is 0 Å². The second-order valence-electron chi connectivity index (χ2n) is 3.46. The van der Waals surface area contributed by atoms with Gasteiger partial charge in [-0.25, -0.2) is 4.98 Å². The van der Waals surface area contributed by atoms with Gasteiger partial charge < -0.3 is 0 Å². The fourth-order valence-corrected chi connectivity index (χ4v) is 1.98. The highest BCUT2D eigenvalue weighted by Gasteiger charge is 2.11. The lowest BCUT2D eigenvalue weighted by Crippen LogP contribution is -1.80. The number of hydrogen-bond acceptors (Lipinski definition) is 2. The Labute approximate surface area is 97.1 Å². The molecule has 0 unspecified atom stereocenters. The molecule has 1 aromatic carbocycles. The van der Waals surface area contributed by atoms with Crippen LogP contribution >= 0.6 is 11.6 Å². The first-order chi connectivity index (χ1) is 7.86. The molecule has 0 bridgehead atoms. The van der Waals surface area contributed by atoms with Crippen LogP contribution in [0, 0.1) is 0 Å². The fourth-order valence-electron chi connectivity index (χ4n) is 1.73. The molecule has 0 aliphatic rings. The monoisotopic (exact) mass is 229 g/mol.